The lowest BCUT2D eigenvalue weighted by Crippen LogP contribution is -2.56. The minimum absolute atomic E-state index is 0.0151. The SMILES string of the molecule is Cc1ccc(S(=O)(=O)N(CC(=O)N(Cc2ccc(Cl)c(Cl)c2)[C@H](Cc2ccccc2)C(=O)NC(C)(C)C)c2cc(Cl)ccc2Cl)cc1. The minimum Gasteiger partial charge on any atom is -0.350 e. The summed E-state index contributed by atoms with van der Waals surface area (Å²) < 4.78 is 29.4. The fourth-order valence-electron chi connectivity index (χ4n) is 4.87. The van der Waals surface area contributed by atoms with Crippen molar-refractivity contribution in [2.24, 2.45) is 0 Å². The summed E-state index contributed by atoms with van der Waals surface area (Å²) >= 11 is 25.4. The van der Waals surface area contributed by atoms with E-state index in [9.17, 15) is 18.0 Å². The Hall–Kier alpha value is -3.27. The van der Waals surface area contributed by atoms with Crippen LogP contribution in [0.2, 0.25) is 20.1 Å². The van der Waals surface area contributed by atoms with Gasteiger partial charge in [-0.05, 0) is 81.3 Å². The highest BCUT2D eigenvalue weighted by Crippen LogP contribution is 2.34. The molecule has 0 radical (unpaired) electrons. The van der Waals surface area contributed by atoms with Crippen LogP contribution in [0.1, 0.15) is 37.5 Å². The van der Waals surface area contributed by atoms with Gasteiger partial charge in [0.1, 0.15) is 12.6 Å². The van der Waals surface area contributed by atoms with E-state index in [4.69, 9.17) is 46.4 Å². The van der Waals surface area contributed by atoms with Gasteiger partial charge in [-0.2, -0.15) is 0 Å². The van der Waals surface area contributed by atoms with Crippen molar-refractivity contribution in [1.29, 1.82) is 0 Å². The third-order valence-corrected chi connectivity index (χ3v) is 10.2. The third-order valence-electron chi connectivity index (χ3n) is 7.17. The molecule has 2 amide bonds. The number of nitrogens with one attached hydrogen (secondary N) is 1. The van der Waals surface area contributed by atoms with Crippen LogP contribution in [-0.4, -0.2) is 43.3 Å². The molecule has 47 heavy (non-hydrogen) atoms. The lowest BCUT2D eigenvalue weighted by Gasteiger charge is -2.35. The van der Waals surface area contributed by atoms with Gasteiger partial charge in [-0.3, -0.25) is 13.9 Å². The first-order chi connectivity index (χ1) is 22.0. The second-order valence-electron chi connectivity index (χ2n) is 12.1. The predicted molar refractivity (Wildman–Crippen MR) is 191 cm³/mol. The van der Waals surface area contributed by atoms with Gasteiger partial charge in [0.05, 0.1) is 25.7 Å². The standard InChI is InChI=1S/C35H35Cl4N3O4S/c1-23-10-14-27(15-11-23)47(45,46)42(31-20-26(36)13-17-29(31)38)22-33(43)41(21-25-12-16-28(37)30(39)18-25)32(34(44)40-35(2,3)4)19-24-8-6-5-7-9-24/h5-18,20,32H,19,21-22H2,1-4H3,(H,40,44)/t32-/m1/s1. The number of rotatable bonds is 11. The van der Waals surface area contributed by atoms with Crippen LogP contribution in [0.5, 0.6) is 0 Å². The van der Waals surface area contributed by atoms with E-state index in [2.05, 4.69) is 5.32 Å². The molecule has 0 aromatic heterocycles. The van der Waals surface area contributed by atoms with Crippen molar-refractivity contribution in [2.75, 3.05) is 10.8 Å². The van der Waals surface area contributed by atoms with Crippen LogP contribution in [0, 0.1) is 6.92 Å². The zero-order valence-corrected chi connectivity index (χ0v) is 30.1. The van der Waals surface area contributed by atoms with Crippen molar-refractivity contribution < 1.29 is 18.0 Å². The normalized spacial score (nSPS) is 12.3. The van der Waals surface area contributed by atoms with Gasteiger partial charge in [-0.15, -0.1) is 0 Å². The smallest absolute Gasteiger partial charge is 0.264 e. The fourth-order valence-corrected chi connectivity index (χ4v) is 7.05. The van der Waals surface area contributed by atoms with Crippen molar-refractivity contribution in [1.82, 2.24) is 10.2 Å². The van der Waals surface area contributed by atoms with Crippen molar-refractivity contribution in [3.63, 3.8) is 0 Å². The number of hydrogen-bond donors (Lipinski definition) is 1. The second-order valence-corrected chi connectivity index (χ2v) is 15.7. The van der Waals surface area contributed by atoms with Gasteiger partial charge in [-0.25, -0.2) is 8.42 Å². The molecule has 0 saturated heterocycles. The van der Waals surface area contributed by atoms with E-state index in [1.165, 1.54) is 35.2 Å². The summed E-state index contributed by atoms with van der Waals surface area (Å²) in [6.45, 7) is 6.59. The summed E-state index contributed by atoms with van der Waals surface area (Å²) in [5.74, 6) is -1.07. The van der Waals surface area contributed by atoms with E-state index < -0.39 is 40.0 Å². The van der Waals surface area contributed by atoms with E-state index in [1.807, 2.05) is 58.0 Å². The van der Waals surface area contributed by atoms with Crippen molar-refractivity contribution in [2.45, 2.75) is 57.1 Å². The van der Waals surface area contributed by atoms with Gasteiger partial charge >= 0.3 is 0 Å². The highest BCUT2D eigenvalue weighted by atomic mass is 35.5. The molecular weight excluding hydrogens is 700 g/mol. The Morgan fingerprint density at radius 2 is 1.43 bits per heavy atom. The highest BCUT2D eigenvalue weighted by Gasteiger charge is 2.36. The molecule has 0 aliphatic heterocycles. The summed E-state index contributed by atoms with van der Waals surface area (Å²) in [4.78, 5) is 29.9. The number of sulfonamides is 1. The van der Waals surface area contributed by atoms with E-state index in [0.717, 1.165) is 15.4 Å². The average molecular weight is 736 g/mol. The van der Waals surface area contributed by atoms with E-state index in [0.29, 0.717) is 10.6 Å². The summed E-state index contributed by atoms with van der Waals surface area (Å²) in [5, 5.41) is 3.88. The maximum absolute atomic E-state index is 14.6. The molecule has 248 valence electrons. The monoisotopic (exact) mass is 733 g/mol. The Labute approximate surface area is 296 Å². The topological polar surface area (TPSA) is 86.8 Å². The van der Waals surface area contributed by atoms with Gasteiger partial charge in [0.2, 0.25) is 11.8 Å². The van der Waals surface area contributed by atoms with E-state index in [1.54, 1.807) is 30.3 Å². The summed E-state index contributed by atoms with van der Waals surface area (Å²) in [7, 11) is -4.35. The number of carbonyl (C=O) groups excluding carboxylic acids is 2. The highest BCUT2D eigenvalue weighted by molar-refractivity contribution is 7.92. The molecule has 7 nitrogen and oxygen atoms in total. The Morgan fingerprint density at radius 1 is 0.787 bits per heavy atom. The molecule has 12 heteroatoms. The molecule has 0 unspecified atom stereocenters. The molecule has 0 heterocycles. The second kappa shape index (κ2) is 15.3. The molecule has 0 bridgehead atoms. The molecule has 0 spiro atoms. The zero-order valence-electron chi connectivity index (χ0n) is 26.3. The van der Waals surface area contributed by atoms with Gasteiger partial charge in [0.25, 0.3) is 10.0 Å². The van der Waals surface area contributed by atoms with Gasteiger partial charge in [0.15, 0.2) is 0 Å². The number of benzene rings is 4. The van der Waals surface area contributed by atoms with Crippen molar-refractivity contribution in [3.8, 4) is 0 Å². The third kappa shape index (κ3) is 9.64. The Bertz CT molecular complexity index is 1850. The number of amides is 2. The zero-order chi connectivity index (χ0) is 34.5. The molecule has 0 fully saturated rings. The maximum Gasteiger partial charge on any atom is 0.264 e. The van der Waals surface area contributed by atoms with Gasteiger partial charge < -0.3 is 10.2 Å². The molecule has 4 aromatic carbocycles. The molecule has 1 N–H and O–H groups in total. The van der Waals surface area contributed by atoms with Crippen LogP contribution in [-0.2, 0) is 32.6 Å². The molecule has 0 aliphatic carbocycles. The Morgan fingerprint density at radius 3 is 2.04 bits per heavy atom. The van der Waals surface area contributed by atoms with Crippen LogP contribution in [0.25, 0.3) is 0 Å². The van der Waals surface area contributed by atoms with Crippen LogP contribution in [0.15, 0.2) is 95.9 Å². The number of hydrogen-bond acceptors (Lipinski definition) is 4. The van der Waals surface area contributed by atoms with Crippen LogP contribution in [0.3, 0.4) is 0 Å². The van der Waals surface area contributed by atoms with E-state index >= 15 is 0 Å². The Balaban J connectivity index is 1.86. The minimum atomic E-state index is -4.35. The van der Waals surface area contributed by atoms with Gasteiger partial charge in [-0.1, -0.05) is 100 Å². The van der Waals surface area contributed by atoms with Crippen LogP contribution in [0.4, 0.5) is 5.69 Å². The first-order valence-electron chi connectivity index (χ1n) is 14.7. The quantitative estimate of drug-likeness (QED) is 0.168. The lowest BCUT2D eigenvalue weighted by atomic mass is 10.0. The molecular formula is C35H35Cl4N3O4S. The van der Waals surface area contributed by atoms with Crippen molar-refractivity contribution in [3.05, 3.63) is 128 Å². The number of nitrogens with zero attached hydrogens (tertiary/aromatic N) is 2. The molecule has 4 rings (SSSR count). The number of aryl methyl sites for hydroxylation is 1. The first kappa shape index (κ1) is 36.6. The molecule has 0 aliphatic rings. The largest absolute Gasteiger partial charge is 0.350 e. The summed E-state index contributed by atoms with van der Waals surface area (Å²) in [6.07, 6.45) is 0.151. The lowest BCUT2D eigenvalue weighted by molar-refractivity contribution is -0.140. The Kier molecular flexibility index (Phi) is 11.9. The van der Waals surface area contributed by atoms with Crippen LogP contribution < -0.4 is 9.62 Å². The van der Waals surface area contributed by atoms with Crippen LogP contribution >= 0.6 is 46.4 Å². The predicted octanol–water partition coefficient (Wildman–Crippen LogP) is 8.36. The number of anilines is 1. The first-order valence-corrected chi connectivity index (χ1v) is 17.6. The molecule has 0 saturated carbocycles. The molecule has 4 aromatic rings. The number of carbonyl (C=O) groups is 2. The summed E-state index contributed by atoms with van der Waals surface area (Å²) in [6, 6.07) is 23.8. The van der Waals surface area contributed by atoms with E-state index in [-0.39, 0.29) is 38.6 Å². The van der Waals surface area contributed by atoms with Crippen molar-refractivity contribution >= 4 is 73.9 Å². The fraction of sp³-hybridized carbons (Fsp3) is 0.257. The average Bonchev–Trinajstić information content (AvgIpc) is 3.00. The number of halogens is 4. The summed E-state index contributed by atoms with van der Waals surface area (Å²) in [5.41, 5.74) is 1.63. The molecule has 1 atom stereocenters. The maximum atomic E-state index is 14.6. The van der Waals surface area contributed by atoms with Gasteiger partial charge in [0, 0.05) is 23.5 Å².